The number of nitrogens with zero attached hydrogens (tertiary/aromatic N) is 4. The molecule has 4 heterocycles. The third kappa shape index (κ3) is 20.9. The highest BCUT2D eigenvalue weighted by Gasteiger charge is 2.36. The number of aromatic nitrogens is 4. The summed E-state index contributed by atoms with van der Waals surface area (Å²) in [5.41, 5.74) is 28.1. The maximum atomic E-state index is 9.09. The molecule has 8 heteroatoms. The van der Waals surface area contributed by atoms with Gasteiger partial charge in [-0.25, -0.2) is 4.57 Å². The molecule has 0 unspecified atom stereocenters. The zero-order valence-electron chi connectivity index (χ0n) is 93.9. The van der Waals surface area contributed by atoms with Crippen LogP contribution in [0.5, 0.6) is 0 Å². The van der Waals surface area contributed by atoms with Crippen molar-refractivity contribution in [2.45, 2.75) is 260 Å². The lowest BCUT2D eigenvalue weighted by Gasteiger charge is -2.28. The summed E-state index contributed by atoms with van der Waals surface area (Å²) in [5.74, 6) is 2.63. The van der Waals surface area contributed by atoms with Crippen molar-refractivity contribution in [2.75, 3.05) is 0 Å². The molecule has 21 rings (SSSR count). The number of hydrogen-bond acceptors (Lipinski definition) is 0. The Hall–Kier alpha value is -11.6. The zero-order valence-corrected chi connectivity index (χ0v) is 92.9. The van der Waals surface area contributed by atoms with Crippen LogP contribution < -0.4 is 59.8 Å². The predicted molar refractivity (Wildman–Crippen MR) is 622 cm³/mol. The van der Waals surface area contributed by atoms with E-state index >= 15 is 0 Å². The first kappa shape index (κ1) is 94.0. The molecule has 724 valence electrons. The predicted octanol–water partition coefficient (Wildman–Crippen LogP) is 28.9. The summed E-state index contributed by atoms with van der Waals surface area (Å²) in [6, 6.07) is 108. The number of hydrogen-bond donors (Lipinski definition) is 0. The summed E-state index contributed by atoms with van der Waals surface area (Å²) in [6.07, 6.45) is 26.9. The van der Waals surface area contributed by atoms with E-state index in [1.54, 1.807) is 5.56 Å². The van der Waals surface area contributed by atoms with Crippen LogP contribution in [-0.2, 0) is 28.2 Å². The number of aryl methyl sites for hydroxylation is 3. The fourth-order valence-electron chi connectivity index (χ4n) is 24.2. The van der Waals surface area contributed by atoms with Crippen LogP contribution in [0.15, 0.2) is 315 Å². The molecule has 4 aliphatic carbocycles. The van der Waals surface area contributed by atoms with Crippen molar-refractivity contribution in [3.63, 3.8) is 0 Å². The van der Waals surface area contributed by atoms with Crippen LogP contribution in [0, 0.1) is 55.4 Å². The van der Waals surface area contributed by atoms with Gasteiger partial charge in [0.1, 0.15) is 61.9 Å². The van der Waals surface area contributed by atoms with Gasteiger partial charge in [0.15, 0.2) is 23.3 Å². The highest BCUT2D eigenvalue weighted by Crippen LogP contribution is 2.46. The molecule has 17 aromatic rings. The first-order valence-electron chi connectivity index (χ1n) is 56.0. The number of rotatable bonds is 17. The number of benzene rings is 13. The Kier molecular flexibility index (Phi) is 28.5. The van der Waals surface area contributed by atoms with Crippen LogP contribution in [0.25, 0.3) is 99.2 Å². The summed E-state index contributed by atoms with van der Waals surface area (Å²) in [6.45, 7) is 36.8. The summed E-state index contributed by atoms with van der Waals surface area (Å²) in [4.78, 5) is 0. The van der Waals surface area contributed by atoms with Crippen LogP contribution in [-0.4, -0.2) is 32.3 Å². The van der Waals surface area contributed by atoms with Crippen molar-refractivity contribution in [1.29, 1.82) is 0 Å². The van der Waals surface area contributed by atoms with Crippen molar-refractivity contribution in [2.24, 2.45) is 28.2 Å². The molecule has 0 aliphatic heterocycles. The summed E-state index contributed by atoms with van der Waals surface area (Å²) in [7, 11) is 0.812. The second kappa shape index (κ2) is 43.1. The van der Waals surface area contributed by atoms with Gasteiger partial charge in [0.2, 0.25) is 22.8 Å². The quantitative estimate of drug-likeness (QED) is 0.0638. The highest BCUT2D eigenvalue weighted by atomic mass is 28.3. The summed E-state index contributed by atoms with van der Waals surface area (Å²) in [5, 5.41) is 19.9. The van der Waals surface area contributed by atoms with Gasteiger partial charge in [0.25, 0.3) is 0 Å². The van der Waals surface area contributed by atoms with Crippen molar-refractivity contribution >= 4 is 117 Å². The average Bonchev–Trinajstić information content (AvgIpc) is 0.394. The van der Waals surface area contributed by atoms with Gasteiger partial charge >= 0.3 is 0 Å². The van der Waals surface area contributed by atoms with E-state index in [-0.39, 0.29) is 0 Å². The van der Waals surface area contributed by atoms with Gasteiger partial charge in [-0.15, -0.1) is 0 Å². The molecule has 4 nitrogen and oxygen atoms in total. The van der Waals surface area contributed by atoms with Gasteiger partial charge in [0, 0.05) is 50.5 Å². The average molecular weight is 1940 g/mol. The van der Waals surface area contributed by atoms with Gasteiger partial charge in [-0.1, -0.05) is 408 Å². The third-order valence-electron chi connectivity index (χ3n) is 34.2. The molecule has 0 N–H and O–H groups in total. The highest BCUT2D eigenvalue weighted by molar-refractivity contribution is 7.02. The largest absolute Gasteiger partial charge is 0.220 e. The molecule has 4 saturated carbocycles. The normalized spacial score (nSPS) is 15.4. The Morgan fingerprint density at radius 3 is 0.944 bits per heavy atom. The Bertz CT molecular complexity index is 7750. The minimum Gasteiger partial charge on any atom is -0.200 e. The van der Waals surface area contributed by atoms with E-state index in [0.29, 0.717) is 54.0 Å². The molecule has 4 aromatic heterocycles. The summed E-state index contributed by atoms with van der Waals surface area (Å²) < 4.78 is 54.0. The van der Waals surface area contributed by atoms with E-state index in [2.05, 4.69) is 428 Å². The second-order valence-corrected chi connectivity index (χ2v) is 62.2. The van der Waals surface area contributed by atoms with E-state index in [9.17, 15) is 0 Å². The smallest absolute Gasteiger partial charge is 0.200 e. The monoisotopic (exact) mass is 1940 g/mol. The Balaban J connectivity index is 0.000000129. The van der Waals surface area contributed by atoms with Crippen LogP contribution in [0.2, 0.25) is 52.4 Å². The molecule has 142 heavy (non-hydrogen) atoms. The Labute approximate surface area is 862 Å². The van der Waals surface area contributed by atoms with Gasteiger partial charge in [-0.3, -0.25) is 0 Å². The lowest BCUT2D eigenvalue weighted by atomic mass is 9.76. The molecule has 0 spiro atoms. The molecule has 0 saturated heterocycles. The van der Waals surface area contributed by atoms with E-state index in [1.807, 2.05) is 11.6 Å². The minimum atomic E-state index is -1.95. The van der Waals surface area contributed by atoms with Crippen LogP contribution in [0.4, 0.5) is 0 Å². The molecule has 0 radical (unpaired) electrons. The molecule has 0 bridgehead atoms. The summed E-state index contributed by atoms with van der Waals surface area (Å²) >= 11 is 0. The zero-order chi connectivity index (χ0) is 104. The van der Waals surface area contributed by atoms with Gasteiger partial charge in [0.05, 0.1) is 43.7 Å². The number of pyridine rings is 4. The Morgan fingerprint density at radius 2 is 0.556 bits per heavy atom. The standard InChI is InChI=1S/C37H46NSi.C33H40NSi.C32H38NSi.C32H32NSi/c1-27-35(29-16-10-6-11-17-29)25-31(28-14-8-5-9-15-28)26-36(27)37-34-21-20-33(24-30(34)22-23-38(37)2)39(3,4)32-18-12-7-13-19-32;1-23-19-27(26-13-9-7-10-14-26)22-32(25(23)3)33-31-18-17-30(21-28(31)20-24(2)34(33)4)35(5,6)29-15-11-8-12-16-29;2*1-23-16-17-26(25-12-8-6-9-13-25)22-31(23)32-30-19-18-29(21-27(30)20-24(2)33(32)3)34(4,5)28-14-10-7-11-15-28/h7,12-13,18-26,28-29H,5-6,8-11,14-17H2,1-4H3;8,11-12,15-22,26H,7,9-10,13-14H2,1-6H3;7,10-11,14-22,25H,6,8-9,12-13H2,1-5H3;6-22H,1-5H3/q4*+1/i22D,23D;3*20D. The molecule has 4 fully saturated rings. The van der Waals surface area contributed by atoms with E-state index < -0.39 is 32.3 Å². The van der Waals surface area contributed by atoms with Gasteiger partial charge in [-0.05, 0) is 241 Å². The minimum absolute atomic E-state index is 0.297. The fraction of sp³-hybridized carbons (Fsp3) is 0.328. The lowest BCUT2D eigenvalue weighted by Crippen LogP contribution is -2.52. The molecular formula is C134H156N4Si4+4. The SMILES string of the molecule is [2H]c1c(C)[n+](C)c(-c2cc(-c3ccccc3)ccc2C)c2ccc([Si](C)(C)c3ccccc3)cc12.[2H]c1c(C)[n+](C)c(-c2cc(C3CCCCC3)cc(C)c2C)c2ccc([Si](C)(C)c3ccccc3)cc12.[2H]c1c(C)[n+](C)c(-c2cc(C3CCCCC3)ccc2C)c2ccc([Si](C)(C)c3ccccc3)cc12.[2H]c1c([2H])[n+](C)c(-c2cc(C3CCCCC3)cc(C3CCCCC3)c2C)c2ccc([Si](C)(C)c3ccccc3)cc12. The maximum absolute atomic E-state index is 9.09. The maximum Gasteiger partial charge on any atom is 0.220 e. The topological polar surface area (TPSA) is 15.5 Å². The van der Waals surface area contributed by atoms with Gasteiger partial charge in [-0.2, -0.15) is 13.7 Å². The molecule has 13 aromatic carbocycles. The van der Waals surface area contributed by atoms with Crippen molar-refractivity contribution in [3.05, 3.63) is 383 Å². The second-order valence-electron chi connectivity index (χ2n) is 44.6. The van der Waals surface area contributed by atoms with Crippen LogP contribution in [0.1, 0.15) is 226 Å². The van der Waals surface area contributed by atoms with Crippen LogP contribution >= 0.6 is 0 Å². The van der Waals surface area contributed by atoms with Crippen molar-refractivity contribution in [1.82, 2.24) is 0 Å². The van der Waals surface area contributed by atoms with Crippen LogP contribution in [0.3, 0.4) is 0 Å². The van der Waals surface area contributed by atoms with Crippen molar-refractivity contribution < 1.29 is 25.1 Å². The molecule has 0 amide bonds. The molecule has 4 aliphatic rings. The third-order valence-corrected chi connectivity index (χ3v) is 48.3. The van der Waals surface area contributed by atoms with E-state index in [0.717, 1.165) is 55.1 Å². The Morgan fingerprint density at radius 1 is 0.246 bits per heavy atom. The first-order valence-corrected chi connectivity index (χ1v) is 65.5. The first-order chi connectivity index (χ1) is 70.5. The van der Waals surface area contributed by atoms with Crippen molar-refractivity contribution in [3.8, 4) is 56.2 Å². The molecular weight excluding hydrogens is 1780 g/mol. The van der Waals surface area contributed by atoms with E-state index in [1.165, 1.54) is 276 Å². The molecule has 0 atom stereocenters. The van der Waals surface area contributed by atoms with E-state index in [4.69, 9.17) is 6.85 Å². The van der Waals surface area contributed by atoms with Gasteiger partial charge < -0.3 is 0 Å². The lowest BCUT2D eigenvalue weighted by molar-refractivity contribution is -0.665. The number of fused-ring (bicyclic) bond motifs is 4. The fourth-order valence-corrected chi connectivity index (χ4v) is 33.7.